The number of nitrogens with one attached hydrogen (secondary N) is 1. The Morgan fingerprint density at radius 3 is 2.52 bits per heavy atom. The molecule has 0 unspecified atom stereocenters. The second kappa shape index (κ2) is 7.26. The van der Waals surface area contributed by atoms with Crippen molar-refractivity contribution in [1.82, 2.24) is 0 Å². The molecule has 2 rings (SSSR count). The average molecular weight is 316 g/mol. The first-order chi connectivity index (χ1) is 11.0. The van der Waals surface area contributed by atoms with Gasteiger partial charge in [0.15, 0.2) is 0 Å². The second-order valence-electron chi connectivity index (χ2n) is 4.75. The van der Waals surface area contributed by atoms with Crippen molar-refractivity contribution in [1.29, 1.82) is 0 Å². The first kappa shape index (κ1) is 16.3. The molecule has 1 N–H and O–H groups in total. The van der Waals surface area contributed by atoms with Crippen molar-refractivity contribution >= 4 is 17.5 Å². The molecule has 0 bridgehead atoms. The molecular formula is C16H16N2O5. The summed E-state index contributed by atoms with van der Waals surface area (Å²) >= 11 is 0. The van der Waals surface area contributed by atoms with Crippen LogP contribution in [0.2, 0.25) is 0 Å². The summed E-state index contributed by atoms with van der Waals surface area (Å²) in [5.41, 5.74) is 1.98. The van der Waals surface area contributed by atoms with Crippen LogP contribution in [0.25, 0.3) is 0 Å². The van der Waals surface area contributed by atoms with E-state index in [1.54, 1.807) is 43.3 Å². The van der Waals surface area contributed by atoms with E-state index in [1.165, 1.54) is 13.2 Å². The van der Waals surface area contributed by atoms with Crippen LogP contribution in [0, 0.1) is 17.0 Å². The number of nitrogens with zero attached hydrogens (tertiary/aromatic N) is 1. The average Bonchev–Trinajstić information content (AvgIpc) is 2.54. The molecule has 7 nitrogen and oxygen atoms in total. The lowest BCUT2D eigenvalue weighted by Crippen LogP contribution is -2.10. The largest absolute Gasteiger partial charge is 0.489 e. The number of benzene rings is 2. The molecule has 0 fully saturated rings. The highest BCUT2D eigenvalue weighted by atomic mass is 16.6. The minimum absolute atomic E-state index is 0.0729. The number of methoxy groups -OCH3 is 1. The summed E-state index contributed by atoms with van der Waals surface area (Å²) in [6.45, 7) is 1.91. The molecule has 0 aliphatic carbocycles. The number of amides is 1. The van der Waals surface area contributed by atoms with Crippen molar-refractivity contribution in [3.63, 3.8) is 0 Å². The molecule has 0 radical (unpaired) electrons. The Morgan fingerprint density at radius 2 is 1.91 bits per heavy atom. The summed E-state index contributed by atoms with van der Waals surface area (Å²) in [6.07, 6.45) is -0.550. The summed E-state index contributed by atoms with van der Waals surface area (Å²) in [6, 6.07) is 11.6. The third kappa shape index (κ3) is 4.19. The van der Waals surface area contributed by atoms with Crippen LogP contribution in [0.3, 0.4) is 0 Å². The zero-order chi connectivity index (χ0) is 16.8. The van der Waals surface area contributed by atoms with Gasteiger partial charge in [-0.2, -0.15) is 0 Å². The molecule has 0 aliphatic heterocycles. The van der Waals surface area contributed by atoms with E-state index in [4.69, 9.17) is 4.74 Å². The summed E-state index contributed by atoms with van der Waals surface area (Å²) < 4.78 is 10.1. The molecule has 0 saturated heterocycles. The van der Waals surface area contributed by atoms with Crippen LogP contribution < -0.4 is 10.1 Å². The summed E-state index contributed by atoms with van der Waals surface area (Å²) in [5.74, 6) is 0.589. The van der Waals surface area contributed by atoms with E-state index in [2.05, 4.69) is 10.1 Å². The smallest absolute Gasteiger partial charge is 0.411 e. The van der Waals surface area contributed by atoms with Crippen LogP contribution in [0.4, 0.5) is 16.2 Å². The van der Waals surface area contributed by atoms with Crippen LogP contribution in [-0.4, -0.2) is 18.1 Å². The molecule has 120 valence electrons. The third-order valence-electron chi connectivity index (χ3n) is 3.29. The standard InChI is InChI=1S/C16H16N2O5/c1-11-12(4-3-5-15(11)18(20)21)10-23-14-8-6-13(7-9-14)17-16(19)22-2/h3-9H,10H2,1-2H3,(H,17,19). The molecule has 0 heterocycles. The lowest BCUT2D eigenvalue weighted by atomic mass is 10.1. The van der Waals surface area contributed by atoms with Crippen molar-refractivity contribution in [2.75, 3.05) is 12.4 Å². The Kier molecular flexibility index (Phi) is 5.14. The predicted molar refractivity (Wildman–Crippen MR) is 84.6 cm³/mol. The molecular weight excluding hydrogens is 300 g/mol. The molecule has 1 amide bonds. The molecule has 0 spiro atoms. The van der Waals surface area contributed by atoms with Crippen LogP contribution in [0.1, 0.15) is 11.1 Å². The highest BCUT2D eigenvalue weighted by Crippen LogP contribution is 2.23. The zero-order valence-electron chi connectivity index (χ0n) is 12.7. The first-order valence-electron chi connectivity index (χ1n) is 6.82. The molecule has 23 heavy (non-hydrogen) atoms. The molecule has 0 aromatic heterocycles. The zero-order valence-corrected chi connectivity index (χ0v) is 12.7. The SMILES string of the molecule is COC(=O)Nc1ccc(OCc2cccc([N+](=O)[O-])c2C)cc1. The maximum atomic E-state index is 11.1. The fraction of sp³-hybridized carbons (Fsp3) is 0.188. The maximum Gasteiger partial charge on any atom is 0.411 e. The van der Waals surface area contributed by atoms with E-state index in [1.807, 2.05) is 0 Å². The van der Waals surface area contributed by atoms with Crippen LogP contribution in [-0.2, 0) is 11.3 Å². The van der Waals surface area contributed by atoms with Gasteiger partial charge in [0.05, 0.1) is 12.0 Å². The van der Waals surface area contributed by atoms with Gasteiger partial charge in [0.25, 0.3) is 5.69 Å². The van der Waals surface area contributed by atoms with Crippen LogP contribution in [0.15, 0.2) is 42.5 Å². The van der Waals surface area contributed by atoms with E-state index >= 15 is 0 Å². The summed E-state index contributed by atoms with van der Waals surface area (Å²) in [5, 5.41) is 13.4. The number of hydrogen-bond donors (Lipinski definition) is 1. The van der Waals surface area contributed by atoms with Gasteiger partial charge in [0.2, 0.25) is 0 Å². The number of hydrogen-bond acceptors (Lipinski definition) is 5. The van der Waals surface area contributed by atoms with Crippen molar-refractivity contribution in [3.05, 3.63) is 63.7 Å². The van der Waals surface area contributed by atoms with Gasteiger partial charge in [-0.05, 0) is 36.8 Å². The quantitative estimate of drug-likeness (QED) is 0.671. The Hall–Kier alpha value is -3.09. The molecule has 0 atom stereocenters. The Labute approximate surface area is 133 Å². The number of ether oxygens (including phenoxy) is 2. The minimum atomic E-state index is -0.550. The van der Waals surface area contributed by atoms with Gasteiger partial charge in [-0.1, -0.05) is 12.1 Å². The Morgan fingerprint density at radius 1 is 1.22 bits per heavy atom. The lowest BCUT2D eigenvalue weighted by Gasteiger charge is -2.10. The fourth-order valence-electron chi connectivity index (χ4n) is 1.99. The van der Waals surface area contributed by atoms with Crippen molar-refractivity contribution in [2.45, 2.75) is 13.5 Å². The number of carbonyl (C=O) groups is 1. The van der Waals surface area contributed by atoms with Crippen molar-refractivity contribution in [2.24, 2.45) is 0 Å². The van der Waals surface area contributed by atoms with E-state index in [0.717, 1.165) is 5.56 Å². The topological polar surface area (TPSA) is 90.7 Å². The number of rotatable bonds is 5. The molecule has 2 aromatic carbocycles. The second-order valence-corrected chi connectivity index (χ2v) is 4.75. The summed E-state index contributed by atoms with van der Waals surface area (Å²) in [4.78, 5) is 21.6. The van der Waals surface area contributed by atoms with E-state index < -0.39 is 11.0 Å². The van der Waals surface area contributed by atoms with Crippen molar-refractivity contribution < 1.29 is 19.2 Å². The summed E-state index contributed by atoms with van der Waals surface area (Å²) in [7, 11) is 1.29. The maximum absolute atomic E-state index is 11.1. The number of carbonyl (C=O) groups excluding carboxylic acids is 1. The highest BCUT2D eigenvalue weighted by molar-refractivity contribution is 5.84. The number of anilines is 1. The Balaban J connectivity index is 2.03. The number of nitro groups is 1. The van der Waals surface area contributed by atoms with Gasteiger partial charge in [-0.3, -0.25) is 15.4 Å². The minimum Gasteiger partial charge on any atom is -0.489 e. The van der Waals surface area contributed by atoms with Crippen LogP contribution in [0.5, 0.6) is 5.75 Å². The van der Waals surface area contributed by atoms with Crippen molar-refractivity contribution in [3.8, 4) is 5.75 Å². The highest BCUT2D eigenvalue weighted by Gasteiger charge is 2.13. The van der Waals surface area contributed by atoms with Gasteiger partial charge < -0.3 is 9.47 Å². The predicted octanol–water partition coefficient (Wildman–Crippen LogP) is 3.66. The van der Waals surface area contributed by atoms with Gasteiger partial charge in [-0.25, -0.2) is 4.79 Å². The van der Waals surface area contributed by atoms with Gasteiger partial charge >= 0.3 is 6.09 Å². The van der Waals surface area contributed by atoms with E-state index in [-0.39, 0.29) is 12.3 Å². The monoisotopic (exact) mass is 316 g/mol. The van der Waals surface area contributed by atoms with E-state index in [0.29, 0.717) is 17.0 Å². The molecule has 0 aliphatic rings. The Bertz CT molecular complexity index is 713. The third-order valence-corrected chi connectivity index (χ3v) is 3.29. The van der Waals surface area contributed by atoms with Crippen LogP contribution >= 0.6 is 0 Å². The van der Waals surface area contributed by atoms with E-state index in [9.17, 15) is 14.9 Å². The van der Waals surface area contributed by atoms with Gasteiger partial charge in [0, 0.05) is 17.3 Å². The molecule has 0 saturated carbocycles. The van der Waals surface area contributed by atoms with Gasteiger partial charge in [0.1, 0.15) is 12.4 Å². The first-order valence-corrected chi connectivity index (χ1v) is 6.82. The normalized spacial score (nSPS) is 10.0. The molecule has 7 heteroatoms. The van der Waals surface area contributed by atoms with Gasteiger partial charge in [-0.15, -0.1) is 0 Å². The number of nitro benzene ring substituents is 1. The molecule has 2 aromatic rings. The fourth-order valence-corrected chi connectivity index (χ4v) is 1.99. The lowest BCUT2D eigenvalue weighted by molar-refractivity contribution is -0.385.